The summed E-state index contributed by atoms with van der Waals surface area (Å²) in [4.78, 5) is 12.0. The van der Waals surface area contributed by atoms with E-state index in [-0.39, 0.29) is 5.91 Å². The first-order chi connectivity index (χ1) is 10.3. The summed E-state index contributed by atoms with van der Waals surface area (Å²) in [5.74, 6) is -0.0512. The average Bonchev–Trinajstić information content (AvgIpc) is 3.18. The van der Waals surface area contributed by atoms with Crippen molar-refractivity contribution >= 4 is 5.91 Å². The summed E-state index contributed by atoms with van der Waals surface area (Å²) in [7, 11) is 0. The van der Waals surface area contributed by atoms with Crippen LogP contribution in [0.25, 0.3) is 5.69 Å². The predicted molar refractivity (Wildman–Crippen MR) is 77.1 cm³/mol. The maximum Gasteiger partial charge on any atom is 0.251 e. The van der Waals surface area contributed by atoms with Gasteiger partial charge in [0.1, 0.15) is 6.33 Å². The van der Waals surface area contributed by atoms with Crippen molar-refractivity contribution in [2.75, 3.05) is 13.1 Å². The van der Waals surface area contributed by atoms with E-state index < -0.39 is 0 Å². The second-order valence-electron chi connectivity index (χ2n) is 5.14. The number of carbonyl (C=O) groups excluding carboxylic acids is 1. The van der Waals surface area contributed by atoms with E-state index in [1.807, 2.05) is 12.1 Å². The van der Waals surface area contributed by atoms with Crippen LogP contribution in [0.1, 0.15) is 29.6 Å². The SMILES string of the molecule is O=C(NCCCNC1CC1)c1ccc(-n2cnnn2)cc1. The third-order valence-corrected chi connectivity index (χ3v) is 3.39. The van der Waals surface area contributed by atoms with Gasteiger partial charge in [0, 0.05) is 18.2 Å². The van der Waals surface area contributed by atoms with Crippen LogP contribution in [0.3, 0.4) is 0 Å². The largest absolute Gasteiger partial charge is 0.352 e. The molecular weight excluding hydrogens is 268 g/mol. The van der Waals surface area contributed by atoms with E-state index in [1.165, 1.54) is 19.2 Å². The molecule has 1 aromatic carbocycles. The van der Waals surface area contributed by atoms with Crippen molar-refractivity contribution in [3.05, 3.63) is 36.2 Å². The van der Waals surface area contributed by atoms with Gasteiger partial charge >= 0.3 is 0 Å². The highest BCUT2D eigenvalue weighted by Crippen LogP contribution is 2.18. The molecule has 1 aliphatic rings. The van der Waals surface area contributed by atoms with Crippen LogP contribution in [-0.4, -0.2) is 45.2 Å². The number of hydrogen-bond donors (Lipinski definition) is 2. The Morgan fingerprint density at radius 2 is 2.05 bits per heavy atom. The summed E-state index contributed by atoms with van der Waals surface area (Å²) in [5, 5.41) is 17.3. The van der Waals surface area contributed by atoms with E-state index >= 15 is 0 Å². The first kappa shape index (κ1) is 13.7. The topological polar surface area (TPSA) is 84.7 Å². The molecule has 0 saturated heterocycles. The van der Waals surface area contributed by atoms with Crippen molar-refractivity contribution in [2.45, 2.75) is 25.3 Å². The van der Waals surface area contributed by atoms with Crippen LogP contribution in [0.4, 0.5) is 0 Å². The minimum atomic E-state index is -0.0512. The number of hydrogen-bond acceptors (Lipinski definition) is 5. The van der Waals surface area contributed by atoms with Crippen molar-refractivity contribution in [1.29, 1.82) is 0 Å². The summed E-state index contributed by atoms with van der Waals surface area (Å²) < 4.78 is 1.55. The zero-order valence-electron chi connectivity index (χ0n) is 11.7. The van der Waals surface area contributed by atoms with Gasteiger partial charge in [-0.3, -0.25) is 4.79 Å². The Morgan fingerprint density at radius 3 is 2.71 bits per heavy atom. The molecule has 2 N–H and O–H groups in total. The van der Waals surface area contributed by atoms with Gasteiger partial charge in [-0.05, 0) is 60.5 Å². The highest BCUT2D eigenvalue weighted by molar-refractivity contribution is 5.94. The summed E-state index contributed by atoms with van der Waals surface area (Å²) in [6.45, 7) is 1.65. The lowest BCUT2D eigenvalue weighted by Gasteiger charge is -2.06. The molecule has 0 atom stereocenters. The molecule has 3 rings (SSSR count). The number of aromatic nitrogens is 4. The van der Waals surface area contributed by atoms with Crippen LogP contribution in [0.5, 0.6) is 0 Å². The number of amides is 1. The van der Waals surface area contributed by atoms with Gasteiger partial charge < -0.3 is 10.6 Å². The number of nitrogens with zero attached hydrogens (tertiary/aromatic N) is 4. The number of benzene rings is 1. The normalized spacial score (nSPS) is 14.1. The van der Waals surface area contributed by atoms with E-state index in [0.29, 0.717) is 12.1 Å². The molecule has 21 heavy (non-hydrogen) atoms. The molecule has 1 saturated carbocycles. The third-order valence-electron chi connectivity index (χ3n) is 3.39. The molecule has 1 fully saturated rings. The fourth-order valence-corrected chi connectivity index (χ4v) is 2.03. The summed E-state index contributed by atoms with van der Waals surface area (Å²) in [6, 6.07) is 7.91. The highest BCUT2D eigenvalue weighted by atomic mass is 16.1. The molecule has 110 valence electrons. The van der Waals surface area contributed by atoms with Crippen molar-refractivity contribution in [2.24, 2.45) is 0 Å². The molecule has 7 nitrogen and oxygen atoms in total. The van der Waals surface area contributed by atoms with Crippen molar-refractivity contribution < 1.29 is 4.79 Å². The number of rotatable bonds is 7. The van der Waals surface area contributed by atoms with Gasteiger partial charge in [-0.15, -0.1) is 5.10 Å². The monoisotopic (exact) mass is 286 g/mol. The minimum Gasteiger partial charge on any atom is -0.352 e. The lowest BCUT2D eigenvalue weighted by molar-refractivity contribution is 0.0953. The number of nitrogens with one attached hydrogen (secondary N) is 2. The van der Waals surface area contributed by atoms with Crippen molar-refractivity contribution in [3.63, 3.8) is 0 Å². The Hall–Kier alpha value is -2.28. The molecular formula is C14H18N6O. The summed E-state index contributed by atoms with van der Waals surface area (Å²) in [5.41, 5.74) is 1.46. The Kier molecular flexibility index (Phi) is 4.20. The predicted octanol–water partition coefficient (Wildman–Crippen LogP) is 0.534. The molecule has 0 unspecified atom stereocenters. The van der Waals surface area contributed by atoms with Crippen LogP contribution >= 0.6 is 0 Å². The van der Waals surface area contributed by atoms with Crippen LogP contribution in [0, 0.1) is 0 Å². The highest BCUT2D eigenvalue weighted by Gasteiger charge is 2.19. The lowest BCUT2D eigenvalue weighted by atomic mass is 10.2. The molecule has 2 aromatic rings. The van der Waals surface area contributed by atoms with Gasteiger partial charge in [0.2, 0.25) is 0 Å². The molecule has 1 aliphatic carbocycles. The zero-order valence-corrected chi connectivity index (χ0v) is 11.7. The van der Waals surface area contributed by atoms with E-state index in [9.17, 15) is 4.79 Å². The number of tetrazole rings is 1. The quantitative estimate of drug-likeness (QED) is 0.725. The molecule has 0 bridgehead atoms. The van der Waals surface area contributed by atoms with Gasteiger partial charge in [0.25, 0.3) is 5.91 Å². The van der Waals surface area contributed by atoms with Crippen LogP contribution in [0.2, 0.25) is 0 Å². The van der Waals surface area contributed by atoms with Gasteiger partial charge in [0.15, 0.2) is 0 Å². The zero-order chi connectivity index (χ0) is 14.5. The van der Waals surface area contributed by atoms with E-state index in [2.05, 4.69) is 26.2 Å². The first-order valence-corrected chi connectivity index (χ1v) is 7.18. The Balaban J connectivity index is 1.45. The smallest absolute Gasteiger partial charge is 0.251 e. The fraction of sp³-hybridized carbons (Fsp3) is 0.429. The Bertz CT molecular complexity index is 576. The standard InChI is InChI=1S/C14H18N6O/c21-14(16-9-1-8-15-12-4-5-12)11-2-6-13(7-3-11)20-10-17-18-19-20/h2-3,6-7,10,12,15H,1,4-5,8-9H2,(H,16,21). The second kappa shape index (κ2) is 6.45. The van der Waals surface area contributed by atoms with E-state index in [4.69, 9.17) is 0 Å². The number of carbonyl (C=O) groups is 1. The van der Waals surface area contributed by atoms with Gasteiger partial charge in [-0.25, -0.2) is 4.68 Å². The molecule has 0 radical (unpaired) electrons. The minimum absolute atomic E-state index is 0.0512. The van der Waals surface area contributed by atoms with Gasteiger partial charge in [-0.1, -0.05) is 0 Å². The third kappa shape index (κ3) is 3.85. The molecule has 1 aromatic heterocycles. The van der Waals surface area contributed by atoms with Crippen LogP contribution in [-0.2, 0) is 0 Å². The molecule has 1 heterocycles. The Morgan fingerprint density at radius 1 is 1.24 bits per heavy atom. The van der Waals surface area contributed by atoms with Crippen LogP contribution < -0.4 is 10.6 Å². The van der Waals surface area contributed by atoms with Gasteiger partial charge in [0.05, 0.1) is 5.69 Å². The van der Waals surface area contributed by atoms with Crippen molar-refractivity contribution in [3.8, 4) is 5.69 Å². The van der Waals surface area contributed by atoms with Gasteiger partial charge in [-0.2, -0.15) is 0 Å². The van der Waals surface area contributed by atoms with E-state index in [0.717, 1.165) is 24.7 Å². The second-order valence-corrected chi connectivity index (χ2v) is 5.14. The maximum atomic E-state index is 12.0. The fourth-order valence-electron chi connectivity index (χ4n) is 2.03. The summed E-state index contributed by atoms with van der Waals surface area (Å²) >= 11 is 0. The Labute approximate surface area is 122 Å². The molecule has 1 amide bonds. The molecule has 7 heteroatoms. The van der Waals surface area contributed by atoms with E-state index in [1.54, 1.807) is 16.8 Å². The molecule has 0 spiro atoms. The van der Waals surface area contributed by atoms with Crippen LogP contribution in [0.15, 0.2) is 30.6 Å². The average molecular weight is 286 g/mol. The lowest BCUT2D eigenvalue weighted by Crippen LogP contribution is -2.27. The maximum absolute atomic E-state index is 12.0. The summed E-state index contributed by atoms with van der Waals surface area (Å²) in [6.07, 6.45) is 5.05. The van der Waals surface area contributed by atoms with Crippen molar-refractivity contribution in [1.82, 2.24) is 30.8 Å². The molecule has 0 aliphatic heterocycles. The first-order valence-electron chi connectivity index (χ1n) is 7.18.